The van der Waals surface area contributed by atoms with Gasteiger partial charge in [-0.2, -0.15) is 0 Å². The first-order valence-corrected chi connectivity index (χ1v) is 6.10. The lowest BCUT2D eigenvalue weighted by molar-refractivity contribution is 0.413. The summed E-state index contributed by atoms with van der Waals surface area (Å²) in [5, 5.41) is 3.65. The van der Waals surface area contributed by atoms with Crippen molar-refractivity contribution in [3.05, 3.63) is 29.8 Å². The van der Waals surface area contributed by atoms with Crippen molar-refractivity contribution in [1.82, 2.24) is 5.32 Å². The predicted octanol–water partition coefficient (Wildman–Crippen LogP) is 3.14. The van der Waals surface area contributed by atoms with Crippen LogP contribution in [0.1, 0.15) is 38.3 Å². The minimum Gasteiger partial charge on any atom is -0.497 e. The fourth-order valence-corrected chi connectivity index (χ4v) is 2.12. The number of benzene rings is 1. The van der Waals surface area contributed by atoms with E-state index in [1.807, 2.05) is 12.1 Å². The second-order valence-corrected chi connectivity index (χ2v) is 4.79. The van der Waals surface area contributed by atoms with Gasteiger partial charge in [0.2, 0.25) is 0 Å². The Balaban J connectivity index is 1.93. The van der Waals surface area contributed by atoms with Crippen LogP contribution in [0.3, 0.4) is 0 Å². The molecule has 1 N–H and O–H groups in total. The predicted molar refractivity (Wildman–Crippen MR) is 66.7 cm³/mol. The van der Waals surface area contributed by atoms with Crippen molar-refractivity contribution in [3.8, 4) is 5.75 Å². The molecule has 1 fully saturated rings. The quantitative estimate of drug-likeness (QED) is 0.821. The fraction of sp³-hybridized carbons (Fsp3) is 0.571. The molecule has 1 saturated carbocycles. The highest BCUT2D eigenvalue weighted by atomic mass is 16.5. The zero-order valence-corrected chi connectivity index (χ0v) is 10.4. The molecule has 16 heavy (non-hydrogen) atoms. The standard InChI is InChI=1S/C14H21NO/c1-10(12-4-5-12)15-11(2)13-6-8-14(16-3)9-7-13/h6-12,15H,4-5H2,1-3H3/t10?,11-/m0/s1. The Bertz CT molecular complexity index is 329. The van der Waals surface area contributed by atoms with Gasteiger partial charge in [-0.25, -0.2) is 0 Å². The molecule has 0 aromatic heterocycles. The summed E-state index contributed by atoms with van der Waals surface area (Å²) < 4.78 is 5.16. The molecular weight excluding hydrogens is 198 g/mol. The van der Waals surface area contributed by atoms with Crippen LogP contribution in [-0.4, -0.2) is 13.2 Å². The van der Waals surface area contributed by atoms with Gasteiger partial charge in [0.05, 0.1) is 7.11 Å². The Labute approximate surface area is 98.0 Å². The Morgan fingerprint density at radius 3 is 2.31 bits per heavy atom. The summed E-state index contributed by atoms with van der Waals surface area (Å²) in [7, 11) is 1.70. The van der Waals surface area contributed by atoms with E-state index in [2.05, 4.69) is 31.3 Å². The van der Waals surface area contributed by atoms with E-state index in [0.29, 0.717) is 12.1 Å². The van der Waals surface area contributed by atoms with E-state index in [-0.39, 0.29) is 0 Å². The van der Waals surface area contributed by atoms with Gasteiger partial charge in [-0.15, -0.1) is 0 Å². The first kappa shape index (κ1) is 11.5. The van der Waals surface area contributed by atoms with Crippen LogP contribution in [0.15, 0.2) is 24.3 Å². The monoisotopic (exact) mass is 219 g/mol. The van der Waals surface area contributed by atoms with Gasteiger partial charge < -0.3 is 10.1 Å². The van der Waals surface area contributed by atoms with E-state index < -0.39 is 0 Å². The van der Waals surface area contributed by atoms with Crippen LogP contribution in [-0.2, 0) is 0 Å². The molecule has 2 heteroatoms. The summed E-state index contributed by atoms with van der Waals surface area (Å²) in [6.45, 7) is 4.51. The van der Waals surface area contributed by atoms with Crippen LogP contribution in [0, 0.1) is 5.92 Å². The van der Waals surface area contributed by atoms with Crippen LogP contribution in [0.25, 0.3) is 0 Å². The summed E-state index contributed by atoms with van der Waals surface area (Å²) >= 11 is 0. The number of ether oxygens (including phenoxy) is 1. The van der Waals surface area contributed by atoms with E-state index in [0.717, 1.165) is 11.7 Å². The molecule has 1 aliphatic rings. The third-order valence-electron chi connectivity index (χ3n) is 3.46. The molecule has 1 aromatic rings. The van der Waals surface area contributed by atoms with Gasteiger partial charge in [-0.1, -0.05) is 12.1 Å². The molecule has 0 radical (unpaired) electrons. The number of methoxy groups -OCH3 is 1. The lowest BCUT2D eigenvalue weighted by atomic mass is 10.1. The van der Waals surface area contributed by atoms with Crippen molar-refractivity contribution in [2.24, 2.45) is 5.92 Å². The van der Waals surface area contributed by atoms with Crippen LogP contribution in [0.4, 0.5) is 0 Å². The summed E-state index contributed by atoms with van der Waals surface area (Å²) in [5.74, 6) is 1.83. The minimum atomic E-state index is 0.418. The molecule has 0 spiro atoms. The lowest BCUT2D eigenvalue weighted by Crippen LogP contribution is -2.30. The van der Waals surface area contributed by atoms with Gasteiger partial charge in [0.15, 0.2) is 0 Å². The normalized spacial score (nSPS) is 19.2. The molecule has 0 bridgehead atoms. The smallest absolute Gasteiger partial charge is 0.118 e. The van der Waals surface area contributed by atoms with Crippen molar-refractivity contribution in [2.45, 2.75) is 38.8 Å². The third kappa shape index (κ3) is 2.76. The molecule has 0 saturated heterocycles. The van der Waals surface area contributed by atoms with Crippen LogP contribution in [0.2, 0.25) is 0 Å². The summed E-state index contributed by atoms with van der Waals surface area (Å²) in [4.78, 5) is 0. The number of rotatable bonds is 5. The highest BCUT2D eigenvalue weighted by Gasteiger charge is 2.28. The minimum absolute atomic E-state index is 0.418. The molecule has 0 aliphatic heterocycles. The number of nitrogens with one attached hydrogen (secondary N) is 1. The average Bonchev–Trinajstić information content (AvgIpc) is 3.13. The Hall–Kier alpha value is -1.02. The molecule has 1 unspecified atom stereocenters. The van der Waals surface area contributed by atoms with Crippen molar-refractivity contribution < 1.29 is 4.74 Å². The lowest BCUT2D eigenvalue weighted by Gasteiger charge is -2.20. The Morgan fingerprint density at radius 1 is 1.19 bits per heavy atom. The maximum absolute atomic E-state index is 5.16. The van der Waals surface area contributed by atoms with Gasteiger partial charge in [0.1, 0.15) is 5.75 Å². The van der Waals surface area contributed by atoms with Gasteiger partial charge in [-0.3, -0.25) is 0 Å². The molecule has 2 rings (SSSR count). The number of hydrogen-bond acceptors (Lipinski definition) is 2. The highest BCUT2D eigenvalue weighted by Crippen LogP contribution is 2.33. The molecular formula is C14H21NO. The van der Waals surface area contributed by atoms with Gasteiger partial charge in [0, 0.05) is 12.1 Å². The molecule has 2 atom stereocenters. The Kier molecular flexibility index (Phi) is 3.49. The second kappa shape index (κ2) is 4.88. The molecule has 1 aliphatic carbocycles. The molecule has 0 amide bonds. The first-order chi connectivity index (χ1) is 7.70. The molecule has 1 aromatic carbocycles. The van der Waals surface area contributed by atoms with E-state index in [4.69, 9.17) is 4.74 Å². The summed E-state index contributed by atoms with van der Waals surface area (Å²) in [6, 6.07) is 9.37. The van der Waals surface area contributed by atoms with Crippen molar-refractivity contribution in [2.75, 3.05) is 7.11 Å². The maximum Gasteiger partial charge on any atom is 0.118 e. The largest absolute Gasteiger partial charge is 0.497 e. The van der Waals surface area contributed by atoms with E-state index in [1.165, 1.54) is 18.4 Å². The van der Waals surface area contributed by atoms with Crippen molar-refractivity contribution in [1.29, 1.82) is 0 Å². The first-order valence-electron chi connectivity index (χ1n) is 6.10. The van der Waals surface area contributed by atoms with E-state index in [1.54, 1.807) is 7.11 Å². The van der Waals surface area contributed by atoms with Gasteiger partial charge in [0.25, 0.3) is 0 Å². The van der Waals surface area contributed by atoms with Crippen LogP contribution < -0.4 is 10.1 Å². The van der Waals surface area contributed by atoms with Gasteiger partial charge >= 0.3 is 0 Å². The van der Waals surface area contributed by atoms with Crippen molar-refractivity contribution in [3.63, 3.8) is 0 Å². The van der Waals surface area contributed by atoms with Crippen molar-refractivity contribution >= 4 is 0 Å². The fourth-order valence-electron chi connectivity index (χ4n) is 2.12. The molecule has 2 nitrogen and oxygen atoms in total. The molecule has 88 valence electrons. The highest BCUT2D eigenvalue weighted by molar-refractivity contribution is 5.28. The third-order valence-corrected chi connectivity index (χ3v) is 3.46. The maximum atomic E-state index is 5.16. The van der Waals surface area contributed by atoms with Crippen LogP contribution >= 0.6 is 0 Å². The average molecular weight is 219 g/mol. The number of hydrogen-bond donors (Lipinski definition) is 1. The SMILES string of the molecule is COc1ccc([C@H](C)NC(C)C2CC2)cc1. The zero-order valence-electron chi connectivity index (χ0n) is 10.4. The van der Waals surface area contributed by atoms with E-state index >= 15 is 0 Å². The summed E-state index contributed by atoms with van der Waals surface area (Å²) in [5.41, 5.74) is 1.33. The topological polar surface area (TPSA) is 21.3 Å². The second-order valence-electron chi connectivity index (χ2n) is 4.79. The Morgan fingerprint density at radius 2 is 1.81 bits per heavy atom. The van der Waals surface area contributed by atoms with Crippen LogP contribution in [0.5, 0.6) is 5.75 Å². The summed E-state index contributed by atoms with van der Waals surface area (Å²) in [6.07, 6.45) is 2.78. The molecule has 0 heterocycles. The van der Waals surface area contributed by atoms with Gasteiger partial charge in [-0.05, 0) is 50.3 Å². The van der Waals surface area contributed by atoms with E-state index in [9.17, 15) is 0 Å². The zero-order chi connectivity index (χ0) is 11.5.